The number of nitrogens with one attached hydrogen (secondary N) is 2. The van der Waals surface area contributed by atoms with Crippen LogP contribution >= 0.6 is 0 Å². The Morgan fingerprint density at radius 2 is 1.72 bits per heavy atom. The van der Waals surface area contributed by atoms with Crippen LogP contribution in [0.1, 0.15) is 40.5 Å². The molecule has 0 aromatic heterocycles. The Morgan fingerprint density at radius 3 is 2.17 bits per heavy atom. The zero-order valence-corrected chi connectivity index (χ0v) is 12.8. The maximum atomic E-state index is 11.2. The summed E-state index contributed by atoms with van der Waals surface area (Å²) in [5.74, 6) is 0. The Morgan fingerprint density at radius 1 is 1.17 bits per heavy atom. The van der Waals surface area contributed by atoms with E-state index in [1.165, 1.54) is 0 Å². The molecule has 0 bridgehead atoms. The van der Waals surface area contributed by atoms with Crippen molar-refractivity contribution in [2.24, 2.45) is 5.41 Å². The molecule has 0 atom stereocenters. The lowest BCUT2D eigenvalue weighted by Gasteiger charge is -2.29. The molecular weight excluding hydrogens is 250 g/mol. The van der Waals surface area contributed by atoms with E-state index in [0.29, 0.717) is 13.0 Å². The van der Waals surface area contributed by atoms with E-state index in [4.69, 9.17) is 5.26 Å². The summed E-state index contributed by atoms with van der Waals surface area (Å²) < 4.78 is 24.9. The average molecular weight is 275 g/mol. The molecule has 5 nitrogen and oxygen atoms in total. The van der Waals surface area contributed by atoms with Crippen molar-refractivity contribution < 1.29 is 8.42 Å². The van der Waals surface area contributed by atoms with Gasteiger partial charge in [-0.3, -0.25) is 0 Å². The number of nitriles is 1. The SMILES string of the molecule is CC(C)(CCC#N)CNCC(C)(C)NS(C)(=O)=O. The highest BCUT2D eigenvalue weighted by Crippen LogP contribution is 2.20. The molecule has 0 amide bonds. The van der Waals surface area contributed by atoms with Crippen LogP contribution in [0.15, 0.2) is 0 Å². The van der Waals surface area contributed by atoms with E-state index in [-0.39, 0.29) is 5.41 Å². The summed E-state index contributed by atoms with van der Waals surface area (Å²) in [6, 6.07) is 2.14. The van der Waals surface area contributed by atoms with E-state index in [1.54, 1.807) is 0 Å². The van der Waals surface area contributed by atoms with Crippen molar-refractivity contribution >= 4 is 10.0 Å². The molecule has 0 aliphatic carbocycles. The number of rotatable bonds is 8. The van der Waals surface area contributed by atoms with Crippen LogP contribution in [0.4, 0.5) is 0 Å². The van der Waals surface area contributed by atoms with Crippen molar-refractivity contribution in [2.75, 3.05) is 19.3 Å². The second-order valence-corrected chi connectivity index (χ2v) is 7.93. The second-order valence-electron chi connectivity index (χ2n) is 6.18. The predicted molar refractivity (Wildman–Crippen MR) is 73.6 cm³/mol. The summed E-state index contributed by atoms with van der Waals surface area (Å²) in [5.41, 5.74) is -0.476. The molecule has 0 radical (unpaired) electrons. The van der Waals surface area contributed by atoms with Crippen molar-refractivity contribution in [1.29, 1.82) is 5.26 Å². The van der Waals surface area contributed by atoms with Gasteiger partial charge in [0.2, 0.25) is 10.0 Å². The molecule has 18 heavy (non-hydrogen) atoms. The van der Waals surface area contributed by atoms with E-state index < -0.39 is 15.6 Å². The number of hydrogen-bond acceptors (Lipinski definition) is 4. The predicted octanol–water partition coefficient (Wildman–Crippen LogP) is 1.23. The highest BCUT2D eigenvalue weighted by Gasteiger charge is 2.23. The molecule has 0 aromatic carbocycles. The first-order valence-electron chi connectivity index (χ1n) is 6.04. The second kappa shape index (κ2) is 6.50. The van der Waals surface area contributed by atoms with Crippen LogP contribution < -0.4 is 10.0 Å². The third-order valence-corrected chi connectivity index (χ3v) is 3.47. The zero-order valence-electron chi connectivity index (χ0n) is 12.0. The van der Waals surface area contributed by atoms with Gasteiger partial charge in [0.1, 0.15) is 0 Å². The van der Waals surface area contributed by atoms with Gasteiger partial charge >= 0.3 is 0 Å². The third kappa shape index (κ3) is 9.40. The lowest BCUT2D eigenvalue weighted by atomic mass is 9.88. The minimum atomic E-state index is -3.19. The summed E-state index contributed by atoms with van der Waals surface area (Å²) in [7, 11) is -3.19. The molecule has 0 fully saturated rings. The fourth-order valence-corrected chi connectivity index (χ4v) is 2.81. The van der Waals surface area contributed by atoms with E-state index in [0.717, 1.165) is 19.2 Å². The molecule has 0 aliphatic heterocycles. The maximum Gasteiger partial charge on any atom is 0.209 e. The van der Waals surface area contributed by atoms with Crippen LogP contribution in [-0.2, 0) is 10.0 Å². The molecule has 0 aromatic rings. The molecule has 106 valence electrons. The minimum Gasteiger partial charge on any atom is -0.314 e. The quantitative estimate of drug-likeness (QED) is 0.698. The maximum absolute atomic E-state index is 11.2. The first kappa shape index (κ1) is 17.4. The van der Waals surface area contributed by atoms with Gasteiger partial charge in [-0.25, -0.2) is 13.1 Å². The Labute approximate surface area is 111 Å². The largest absolute Gasteiger partial charge is 0.314 e. The van der Waals surface area contributed by atoms with Gasteiger partial charge in [-0.15, -0.1) is 0 Å². The molecule has 0 unspecified atom stereocenters. The van der Waals surface area contributed by atoms with Crippen LogP contribution in [0, 0.1) is 16.7 Å². The molecule has 6 heteroatoms. The molecule has 0 saturated heterocycles. The number of sulfonamides is 1. The summed E-state index contributed by atoms with van der Waals surface area (Å²) in [4.78, 5) is 0. The minimum absolute atomic E-state index is 0.0386. The van der Waals surface area contributed by atoms with Crippen molar-refractivity contribution in [1.82, 2.24) is 10.0 Å². The molecular formula is C12H25N3O2S. The fraction of sp³-hybridized carbons (Fsp3) is 0.917. The first-order chi connectivity index (χ1) is 7.97. The molecule has 0 heterocycles. The van der Waals surface area contributed by atoms with Crippen molar-refractivity contribution in [2.45, 2.75) is 46.1 Å². The first-order valence-corrected chi connectivity index (χ1v) is 7.93. The third-order valence-electron chi connectivity index (χ3n) is 2.55. The molecule has 2 N–H and O–H groups in total. The van der Waals surface area contributed by atoms with E-state index in [2.05, 4.69) is 30.0 Å². The van der Waals surface area contributed by atoms with Crippen LogP contribution in [0.25, 0.3) is 0 Å². The standard InChI is InChI=1S/C12H25N3O2S/c1-11(2,7-6-8-13)9-14-10-12(3,4)15-18(5,16)17/h14-15H,6-7,9-10H2,1-5H3. The Kier molecular flexibility index (Phi) is 6.27. The van der Waals surface area contributed by atoms with Gasteiger partial charge in [0.15, 0.2) is 0 Å². The highest BCUT2D eigenvalue weighted by atomic mass is 32.2. The van der Waals surface area contributed by atoms with Crippen LogP contribution in [-0.4, -0.2) is 33.3 Å². The topological polar surface area (TPSA) is 82.0 Å². The average Bonchev–Trinajstić information content (AvgIpc) is 2.10. The van der Waals surface area contributed by atoms with Crippen molar-refractivity contribution in [3.8, 4) is 6.07 Å². The zero-order chi connectivity index (χ0) is 14.4. The normalized spacial score (nSPS) is 13.3. The van der Waals surface area contributed by atoms with Gasteiger partial charge in [-0.1, -0.05) is 13.8 Å². The lowest BCUT2D eigenvalue weighted by Crippen LogP contribution is -2.51. The van der Waals surface area contributed by atoms with E-state index in [9.17, 15) is 8.42 Å². The number of hydrogen-bond donors (Lipinski definition) is 2. The summed E-state index contributed by atoms with van der Waals surface area (Å²) in [5, 5.41) is 11.8. The molecule has 0 saturated carbocycles. The smallest absolute Gasteiger partial charge is 0.209 e. The van der Waals surface area contributed by atoms with E-state index in [1.807, 2.05) is 13.8 Å². The van der Waals surface area contributed by atoms with Crippen LogP contribution in [0.3, 0.4) is 0 Å². The van der Waals surface area contributed by atoms with Gasteiger partial charge < -0.3 is 5.32 Å². The van der Waals surface area contributed by atoms with Gasteiger partial charge in [-0.2, -0.15) is 5.26 Å². The van der Waals surface area contributed by atoms with Gasteiger partial charge in [0.05, 0.1) is 12.3 Å². The number of nitrogens with zero attached hydrogens (tertiary/aromatic N) is 1. The molecule has 0 aliphatic rings. The van der Waals surface area contributed by atoms with Crippen LogP contribution in [0.5, 0.6) is 0 Å². The van der Waals surface area contributed by atoms with Crippen molar-refractivity contribution in [3.63, 3.8) is 0 Å². The Balaban J connectivity index is 4.14. The summed E-state index contributed by atoms with van der Waals surface area (Å²) >= 11 is 0. The van der Waals surface area contributed by atoms with Gasteiger partial charge in [-0.05, 0) is 25.7 Å². The molecule has 0 spiro atoms. The molecule has 0 rings (SSSR count). The fourth-order valence-electron chi connectivity index (χ4n) is 1.73. The highest BCUT2D eigenvalue weighted by molar-refractivity contribution is 7.88. The summed E-state index contributed by atoms with van der Waals surface area (Å²) in [6.45, 7) is 9.16. The van der Waals surface area contributed by atoms with E-state index >= 15 is 0 Å². The van der Waals surface area contributed by atoms with Gasteiger partial charge in [0.25, 0.3) is 0 Å². The van der Waals surface area contributed by atoms with Crippen molar-refractivity contribution in [3.05, 3.63) is 0 Å². The summed E-state index contributed by atoms with van der Waals surface area (Å²) in [6.07, 6.45) is 2.53. The Hall–Kier alpha value is -0.640. The Bertz CT molecular complexity index is 394. The van der Waals surface area contributed by atoms with Crippen LogP contribution in [0.2, 0.25) is 0 Å². The van der Waals surface area contributed by atoms with Gasteiger partial charge in [0, 0.05) is 25.0 Å². The monoisotopic (exact) mass is 275 g/mol. The lowest BCUT2D eigenvalue weighted by molar-refractivity contribution is 0.300.